The quantitative estimate of drug-likeness (QED) is 0.817. The maximum absolute atomic E-state index is 13.1. The number of fused-ring (bicyclic) bond motifs is 2. The summed E-state index contributed by atoms with van der Waals surface area (Å²) in [5.74, 6) is -2.85. The number of Topliss-reactive ketones (excluding diaryl/α,β-unsaturated/α-hetero) is 1. The topological polar surface area (TPSA) is 110 Å². The fourth-order valence-electron chi connectivity index (χ4n) is 4.52. The van der Waals surface area contributed by atoms with E-state index in [0.29, 0.717) is 30.6 Å². The van der Waals surface area contributed by atoms with Gasteiger partial charge in [-0.15, -0.1) is 0 Å². The van der Waals surface area contributed by atoms with Crippen LogP contribution in [0, 0.1) is 23.2 Å². The van der Waals surface area contributed by atoms with Gasteiger partial charge in [0.25, 0.3) is 0 Å². The van der Waals surface area contributed by atoms with Gasteiger partial charge in [-0.05, 0) is 25.0 Å². The number of benzene rings is 1. The normalized spacial score (nSPS) is 32.8. The number of likely N-dealkylation sites (tertiary alicyclic amines) is 1. The van der Waals surface area contributed by atoms with Crippen molar-refractivity contribution in [2.75, 3.05) is 18.4 Å². The summed E-state index contributed by atoms with van der Waals surface area (Å²) in [4.78, 5) is 51.8. The Hall–Kier alpha value is -2.70. The molecule has 1 saturated heterocycles. The molecule has 136 valence electrons. The first-order chi connectivity index (χ1) is 12.4. The molecule has 1 aromatic rings. The molecule has 7 heteroatoms. The number of nitrogens with one attached hydrogen (secondary N) is 1. The van der Waals surface area contributed by atoms with Gasteiger partial charge in [0.2, 0.25) is 17.7 Å². The van der Waals surface area contributed by atoms with Crippen molar-refractivity contribution in [1.29, 1.82) is 0 Å². The van der Waals surface area contributed by atoms with Gasteiger partial charge >= 0.3 is 0 Å². The van der Waals surface area contributed by atoms with E-state index < -0.39 is 23.2 Å². The third-order valence-electron chi connectivity index (χ3n) is 6.12. The minimum atomic E-state index is -1.03. The molecule has 3 aliphatic rings. The number of anilines is 1. The molecule has 1 aliphatic carbocycles. The molecule has 7 nitrogen and oxygen atoms in total. The van der Waals surface area contributed by atoms with Crippen LogP contribution in [0.3, 0.4) is 0 Å². The second-order valence-electron chi connectivity index (χ2n) is 7.63. The molecule has 2 fully saturated rings. The maximum Gasteiger partial charge on any atom is 0.229 e. The van der Waals surface area contributed by atoms with E-state index >= 15 is 0 Å². The molecule has 0 bridgehead atoms. The van der Waals surface area contributed by atoms with Crippen LogP contribution in [-0.2, 0) is 14.4 Å². The van der Waals surface area contributed by atoms with Crippen LogP contribution in [0.4, 0.5) is 5.69 Å². The SMILES string of the molecule is C[C@]12C(=O)c3ccccc3NC(=O)[C@H]1[C@H]2C(=O)N1CCC[C@H](C(N)=O)C1. The van der Waals surface area contributed by atoms with Crippen LogP contribution in [0.5, 0.6) is 0 Å². The molecular formula is C19H21N3O4. The van der Waals surface area contributed by atoms with E-state index in [0.717, 1.165) is 0 Å². The number of rotatable bonds is 2. The Labute approximate surface area is 150 Å². The number of nitrogens with two attached hydrogens (primary N) is 1. The van der Waals surface area contributed by atoms with E-state index in [2.05, 4.69) is 5.32 Å². The summed E-state index contributed by atoms with van der Waals surface area (Å²) in [5.41, 5.74) is 5.29. The summed E-state index contributed by atoms with van der Waals surface area (Å²) in [6, 6.07) is 6.87. The number of nitrogens with zero attached hydrogens (tertiary/aromatic N) is 1. The fraction of sp³-hybridized carbons (Fsp3) is 0.474. The zero-order valence-electron chi connectivity index (χ0n) is 14.5. The van der Waals surface area contributed by atoms with Crippen molar-refractivity contribution in [3.63, 3.8) is 0 Å². The third-order valence-corrected chi connectivity index (χ3v) is 6.12. The van der Waals surface area contributed by atoms with Crippen molar-refractivity contribution < 1.29 is 19.2 Å². The molecule has 1 aromatic carbocycles. The van der Waals surface area contributed by atoms with E-state index in [4.69, 9.17) is 5.73 Å². The van der Waals surface area contributed by atoms with Crippen molar-refractivity contribution in [1.82, 2.24) is 4.90 Å². The summed E-state index contributed by atoms with van der Waals surface area (Å²) < 4.78 is 0. The molecule has 1 saturated carbocycles. The highest BCUT2D eigenvalue weighted by molar-refractivity contribution is 6.19. The molecule has 2 heterocycles. The lowest BCUT2D eigenvalue weighted by Gasteiger charge is -2.32. The lowest BCUT2D eigenvalue weighted by Crippen LogP contribution is -2.45. The number of carbonyl (C=O) groups excluding carboxylic acids is 4. The highest BCUT2D eigenvalue weighted by atomic mass is 16.2. The molecule has 0 unspecified atom stereocenters. The van der Waals surface area contributed by atoms with Gasteiger partial charge in [-0.3, -0.25) is 19.2 Å². The first kappa shape index (κ1) is 16.8. The number of primary amides is 1. The Morgan fingerprint density at radius 3 is 2.73 bits per heavy atom. The summed E-state index contributed by atoms with van der Waals surface area (Å²) >= 11 is 0. The van der Waals surface area contributed by atoms with Gasteiger partial charge in [0.05, 0.1) is 28.9 Å². The summed E-state index contributed by atoms with van der Waals surface area (Å²) in [6.45, 7) is 2.48. The number of para-hydroxylation sites is 1. The number of piperidine rings is 1. The number of hydrogen-bond donors (Lipinski definition) is 2. The summed E-state index contributed by atoms with van der Waals surface area (Å²) in [7, 11) is 0. The van der Waals surface area contributed by atoms with Gasteiger partial charge in [0.1, 0.15) is 0 Å². The molecule has 0 spiro atoms. The second kappa shape index (κ2) is 5.65. The zero-order chi connectivity index (χ0) is 18.6. The van der Waals surface area contributed by atoms with Gasteiger partial charge in [-0.2, -0.15) is 0 Å². The van der Waals surface area contributed by atoms with Crippen LogP contribution in [0.1, 0.15) is 30.1 Å². The molecular weight excluding hydrogens is 334 g/mol. The predicted octanol–water partition coefficient (Wildman–Crippen LogP) is 0.798. The Kier molecular flexibility index (Phi) is 3.64. The first-order valence-electron chi connectivity index (χ1n) is 8.88. The fourth-order valence-corrected chi connectivity index (χ4v) is 4.52. The minimum absolute atomic E-state index is 0.182. The molecule has 0 radical (unpaired) electrons. The zero-order valence-corrected chi connectivity index (χ0v) is 14.5. The Balaban J connectivity index is 1.62. The monoisotopic (exact) mass is 355 g/mol. The van der Waals surface area contributed by atoms with Gasteiger partial charge in [0, 0.05) is 18.7 Å². The second-order valence-corrected chi connectivity index (χ2v) is 7.63. The van der Waals surface area contributed by atoms with Crippen molar-refractivity contribution in [2.24, 2.45) is 28.9 Å². The lowest BCUT2D eigenvalue weighted by atomic mass is 9.91. The predicted molar refractivity (Wildman–Crippen MR) is 93.0 cm³/mol. The highest BCUT2D eigenvalue weighted by Gasteiger charge is 2.74. The number of amides is 3. The van der Waals surface area contributed by atoms with Crippen molar-refractivity contribution in [3.8, 4) is 0 Å². The van der Waals surface area contributed by atoms with E-state index in [1.54, 1.807) is 36.1 Å². The maximum atomic E-state index is 13.1. The van der Waals surface area contributed by atoms with Crippen molar-refractivity contribution >= 4 is 29.2 Å². The number of carbonyl (C=O) groups is 4. The van der Waals surface area contributed by atoms with Crippen LogP contribution in [0.2, 0.25) is 0 Å². The molecule has 0 aromatic heterocycles. The first-order valence-corrected chi connectivity index (χ1v) is 8.88. The van der Waals surface area contributed by atoms with Gasteiger partial charge in [0.15, 0.2) is 5.78 Å². The molecule has 4 rings (SSSR count). The molecule has 26 heavy (non-hydrogen) atoms. The van der Waals surface area contributed by atoms with Crippen LogP contribution >= 0.6 is 0 Å². The number of hydrogen-bond acceptors (Lipinski definition) is 4. The van der Waals surface area contributed by atoms with E-state index in [1.807, 2.05) is 0 Å². The molecule has 4 atom stereocenters. The number of ketones is 1. The summed E-state index contributed by atoms with van der Waals surface area (Å²) in [6.07, 6.45) is 1.35. The Morgan fingerprint density at radius 2 is 2.00 bits per heavy atom. The van der Waals surface area contributed by atoms with Gasteiger partial charge in [-0.25, -0.2) is 0 Å². The van der Waals surface area contributed by atoms with Crippen molar-refractivity contribution in [2.45, 2.75) is 19.8 Å². The smallest absolute Gasteiger partial charge is 0.229 e. The van der Waals surface area contributed by atoms with Crippen LogP contribution in [0.15, 0.2) is 24.3 Å². The largest absolute Gasteiger partial charge is 0.369 e. The van der Waals surface area contributed by atoms with E-state index in [-0.39, 0.29) is 30.1 Å². The summed E-state index contributed by atoms with van der Waals surface area (Å²) in [5, 5.41) is 2.78. The van der Waals surface area contributed by atoms with Crippen LogP contribution < -0.4 is 11.1 Å². The molecule has 3 N–H and O–H groups in total. The van der Waals surface area contributed by atoms with Gasteiger partial charge < -0.3 is 16.0 Å². The lowest BCUT2D eigenvalue weighted by molar-refractivity contribution is -0.137. The minimum Gasteiger partial charge on any atom is -0.369 e. The average molecular weight is 355 g/mol. The Bertz CT molecular complexity index is 836. The van der Waals surface area contributed by atoms with E-state index in [1.165, 1.54) is 0 Å². The van der Waals surface area contributed by atoms with Crippen molar-refractivity contribution in [3.05, 3.63) is 29.8 Å². The average Bonchev–Trinajstić information content (AvgIpc) is 3.29. The third kappa shape index (κ3) is 2.26. The standard InChI is InChI=1S/C19H21N3O4/c1-19-13(17(25)21-12-7-3-2-6-11(12)15(19)23)14(19)18(26)22-8-4-5-10(9-22)16(20)24/h2-3,6-7,10,13-14H,4-5,8-9H2,1H3,(H2,20,24)(H,21,25)/t10-,13+,14-,19-/m0/s1. The van der Waals surface area contributed by atoms with E-state index in [9.17, 15) is 19.2 Å². The van der Waals surface area contributed by atoms with Crippen LogP contribution in [-0.4, -0.2) is 41.5 Å². The molecule has 2 aliphatic heterocycles. The Morgan fingerprint density at radius 1 is 1.27 bits per heavy atom. The van der Waals surface area contributed by atoms with Crippen LogP contribution in [0.25, 0.3) is 0 Å². The van der Waals surface area contributed by atoms with Gasteiger partial charge in [-0.1, -0.05) is 19.1 Å². The molecule has 3 amide bonds. The highest BCUT2D eigenvalue weighted by Crippen LogP contribution is 2.63.